The maximum Gasteiger partial charge on any atom is 0.312 e. The quantitative estimate of drug-likeness (QED) is 0.484. The number of Topliss-reactive ketones (excluding diaryl/α,β-unsaturated/α-hetero) is 2. The Hall–Kier alpha value is -1.98. The summed E-state index contributed by atoms with van der Waals surface area (Å²) in [6.07, 6.45) is 6.42. The van der Waals surface area contributed by atoms with Crippen LogP contribution in [0.1, 0.15) is 65.2 Å². The highest BCUT2D eigenvalue weighted by Gasteiger charge is 2.70. The summed E-state index contributed by atoms with van der Waals surface area (Å²) in [7, 11) is 1.38. The van der Waals surface area contributed by atoms with Gasteiger partial charge in [-0.1, -0.05) is 25.5 Å². The molecule has 0 bridgehead atoms. The average molecular weight is 414 g/mol. The van der Waals surface area contributed by atoms with Crippen molar-refractivity contribution in [1.29, 1.82) is 0 Å². The molecule has 7 atom stereocenters. The van der Waals surface area contributed by atoms with Crippen molar-refractivity contribution in [3.63, 3.8) is 0 Å². The molecule has 6 nitrogen and oxygen atoms in total. The van der Waals surface area contributed by atoms with E-state index in [4.69, 9.17) is 9.47 Å². The van der Waals surface area contributed by atoms with Gasteiger partial charge in [0.15, 0.2) is 0 Å². The normalized spacial score (nSPS) is 47.3. The van der Waals surface area contributed by atoms with Gasteiger partial charge in [0, 0.05) is 37.0 Å². The van der Waals surface area contributed by atoms with Crippen molar-refractivity contribution >= 4 is 23.5 Å². The fraction of sp³-hybridized carbons (Fsp3) is 0.750. The lowest BCUT2D eigenvalue weighted by molar-refractivity contribution is -0.178. The largest absolute Gasteiger partial charge is 0.469 e. The van der Waals surface area contributed by atoms with Gasteiger partial charge in [-0.2, -0.15) is 0 Å². The number of esters is 2. The second-order valence-corrected chi connectivity index (χ2v) is 10.6. The lowest BCUT2D eigenvalue weighted by Crippen LogP contribution is -2.60. The first-order chi connectivity index (χ1) is 14.1. The number of ketones is 2. The zero-order chi connectivity index (χ0) is 21.5. The van der Waals surface area contributed by atoms with Gasteiger partial charge in [-0.25, -0.2) is 0 Å². The molecule has 1 saturated heterocycles. The lowest BCUT2D eigenvalue weighted by Gasteiger charge is -2.58. The molecule has 5 aliphatic rings. The van der Waals surface area contributed by atoms with Gasteiger partial charge < -0.3 is 9.47 Å². The summed E-state index contributed by atoms with van der Waals surface area (Å²) < 4.78 is 11.1. The molecule has 6 heteroatoms. The number of methoxy groups -OCH3 is 1. The maximum atomic E-state index is 13.8. The van der Waals surface area contributed by atoms with Gasteiger partial charge in [0.05, 0.1) is 13.0 Å². The molecule has 5 rings (SSSR count). The van der Waals surface area contributed by atoms with E-state index in [1.807, 2.05) is 6.08 Å². The van der Waals surface area contributed by atoms with Crippen LogP contribution < -0.4 is 0 Å². The highest BCUT2D eigenvalue weighted by atomic mass is 16.6. The van der Waals surface area contributed by atoms with Crippen LogP contribution in [0.2, 0.25) is 0 Å². The van der Waals surface area contributed by atoms with Crippen molar-refractivity contribution in [2.24, 2.45) is 34.5 Å². The lowest BCUT2D eigenvalue weighted by atomic mass is 9.44. The van der Waals surface area contributed by atoms with Crippen molar-refractivity contribution in [2.75, 3.05) is 7.11 Å². The fourth-order valence-corrected chi connectivity index (χ4v) is 7.95. The third-order valence-electron chi connectivity index (χ3n) is 9.50. The number of fused-ring (bicyclic) bond motifs is 6. The summed E-state index contributed by atoms with van der Waals surface area (Å²) in [4.78, 5) is 50.9. The summed E-state index contributed by atoms with van der Waals surface area (Å²) in [6, 6.07) is 0. The molecular weight excluding hydrogens is 384 g/mol. The molecule has 3 unspecified atom stereocenters. The summed E-state index contributed by atoms with van der Waals surface area (Å²) in [5.74, 6) is -1.09. The van der Waals surface area contributed by atoms with Gasteiger partial charge in [-0.05, 0) is 42.9 Å². The first kappa shape index (κ1) is 20.0. The van der Waals surface area contributed by atoms with E-state index >= 15 is 0 Å². The molecule has 0 aromatic rings. The molecule has 4 aliphatic carbocycles. The van der Waals surface area contributed by atoms with Crippen LogP contribution in [0.15, 0.2) is 11.6 Å². The van der Waals surface area contributed by atoms with Crippen molar-refractivity contribution in [3.8, 4) is 0 Å². The number of hydrogen-bond acceptors (Lipinski definition) is 6. The van der Waals surface area contributed by atoms with Crippen molar-refractivity contribution in [2.45, 2.75) is 70.8 Å². The van der Waals surface area contributed by atoms with Crippen LogP contribution in [-0.4, -0.2) is 36.2 Å². The van der Waals surface area contributed by atoms with E-state index in [1.165, 1.54) is 7.11 Å². The fourth-order valence-electron chi connectivity index (χ4n) is 7.95. The van der Waals surface area contributed by atoms with Gasteiger partial charge in [-0.15, -0.1) is 0 Å². The van der Waals surface area contributed by atoms with Crippen molar-refractivity contribution in [1.82, 2.24) is 0 Å². The van der Waals surface area contributed by atoms with Gasteiger partial charge >= 0.3 is 11.9 Å². The number of hydrogen-bond donors (Lipinski definition) is 0. The summed E-state index contributed by atoms with van der Waals surface area (Å²) in [5.41, 5.74) is -0.504. The number of carbonyl (C=O) groups excluding carboxylic acids is 4. The molecule has 1 aliphatic heterocycles. The van der Waals surface area contributed by atoms with Crippen LogP contribution in [0.5, 0.6) is 0 Å². The first-order valence-electron chi connectivity index (χ1n) is 11.2. The number of allylic oxidation sites excluding steroid dienone is 1. The first-order valence-corrected chi connectivity index (χ1v) is 11.2. The van der Waals surface area contributed by atoms with E-state index < -0.39 is 16.9 Å². The highest BCUT2D eigenvalue weighted by Crippen LogP contribution is 2.69. The number of ether oxygens (including phenoxy) is 2. The summed E-state index contributed by atoms with van der Waals surface area (Å²) in [5, 5.41) is 0. The highest BCUT2D eigenvalue weighted by molar-refractivity contribution is 5.90. The molecule has 0 aromatic heterocycles. The van der Waals surface area contributed by atoms with E-state index in [9.17, 15) is 19.2 Å². The third kappa shape index (κ3) is 2.36. The van der Waals surface area contributed by atoms with E-state index in [0.29, 0.717) is 38.5 Å². The molecule has 1 heterocycles. The smallest absolute Gasteiger partial charge is 0.312 e. The van der Waals surface area contributed by atoms with Crippen LogP contribution in [0.3, 0.4) is 0 Å². The predicted octanol–water partition coefficient (Wildman–Crippen LogP) is 3.17. The minimum atomic E-state index is -0.594. The monoisotopic (exact) mass is 414 g/mol. The van der Waals surface area contributed by atoms with Crippen LogP contribution in [0.25, 0.3) is 0 Å². The van der Waals surface area contributed by atoms with Gasteiger partial charge in [0.2, 0.25) is 0 Å². The Kier molecular flexibility index (Phi) is 4.17. The van der Waals surface area contributed by atoms with E-state index in [1.54, 1.807) is 0 Å². The van der Waals surface area contributed by atoms with Gasteiger partial charge in [-0.3, -0.25) is 19.2 Å². The van der Waals surface area contributed by atoms with Crippen molar-refractivity contribution < 1.29 is 28.7 Å². The molecule has 0 aromatic carbocycles. The molecule has 3 saturated carbocycles. The molecule has 1 spiro atoms. The Balaban J connectivity index is 1.64. The minimum absolute atomic E-state index is 0.0995. The second kappa shape index (κ2) is 6.27. The summed E-state index contributed by atoms with van der Waals surface area (Å²) >= 11 is 0. The van der Waals surface area contributed by atoms with Gasteiger partial charge in [0.25, 0.3) is 0 Å². The standard InChI is InChI=1S/C24H30O6/c1-22-7-4-14(25)10-13(22)11-15(21(28)29-3)19-16-5-8-24(9-6-18(27)30-24)23(16,2)12-17(26)20(19)22/h11,15-16,19-20H,4-10,12H2,1-3H3/t15-,16?,19?,20?,22+,23+,24-/m1/s1. The number of carbonyl (C=O) groups is 4. The van der Waals surface area contributed by atoms with Crippen LogP contribution in [-0.2, 0) is 28.7 Å². The SMILES string of the molecule is COC(=O)[C@@H]1C=C2CC(=O)CC[C@]2(C)C2C(=O)C[C@@]3(C)C(CC[C@@]34CCC(=O)O4)C21. The Morgan fingerprint density at radius 1 is 1.13 bits per heavy atom. The number of rotatable bonds is 1. The Labute approximate surface area is 176 Å². The molecule has 30 heavy (non-hydrogen) atoms. The van der Waals surface area contributed by atoms with E-state index in [-0.39, 0.29) is 46.7 Å². The van der Waals surface area contributed by atoms with E-state index in [2.05, 4.69) is 13.8 Å². The summed E-state index contributed by atoms with van der Waals surface area (Å²) in [6.45, 7) is 4.20. The predicted molar refractivity (Wildman–Crippen MR) is 106 cm³/mol. The zero-order valence-electron chi connectivity index (χ0n) is 18.0. The Morgan fingerprint density at radius 2 is 1.90 bits per heavy atom. The maximum absolute atomic E-state index is 13.8. The van der Waals surface area contributed by atoms with Crippen LogP contribution >= 0.6 is 0 Å². The Morgan fingerprint density at radius 3 is 2.57 bits per heavy atom. The van der Waals surface area contributed by atoms with Gasteiger partial charge in [0.1, 0.15) is 17.2 Å². The topological polar surface area (TPSA) is 86.7 Å². The second-order valence-electron chi connectivity index (χ2n) is 10.6. The molecule has 4 fully saturated rings. The molecule has 0 amide bonds. The Bertz CT molecular complexity index is 888. The average Bonchev–Trinajstić information content (AvgIpc) is 3.21. The zero-order valence-corrected chi connectivity index (χ0v) is 18.0. The minimum Gasteiger partial charge on any atom is -0.469 e. The van der Waals surface area contributed by atoms with E-state index in [0.717, 1.165) is 18.4 Å². The van der Waals surface area contributed by atoms with Crippen LogP contribution in [0.4, 0.5) is 0 Å². The molecule has 0 N–H and O–H groups in total. The van der Waals surface area contributed by atoms with Crippen molar-refractivity contribution in [3.05, 3.63) is 11.6 Å². The molecule has 0 radical (unpaired) electrons. The molecule has 162 valence electrons. The van der Waals surface area contributed by atoms with Crippen LogP contribution in [0, 0.1) is 34.5 Å². The molecular formula is C24H30O6. The third-order valence-corrected chi connectivity index (χ3v) is 9.50.